The highest BCUT2D eigenvalue weighted by molar-refractivity contribution is 5.20. The molecule has 2 atom stereocenters. The normalized spacial score (nSPS) is 21.9. The zero-order valence-electron chi connectivity index (χ0n) is 12.6. The second-order valence-corrected chi connectivity index (χ2v) is 5.91. The molecule has 0 N–H and O–H groups in total. The maximum atomic E-state index is 9.16. The van der Waals surface area contributed by atoms with E-state index in [0.717, 1.165) is 19.0 Å². The van der Waals surface area contributed by atoms with Crippen LogP contribution in [0.5, 0.6) is 0 Å². The van der Waals surface area contributed by atoms with Gasteiger partial charge in [-0.1, -0.05) is 50.1 Å². The lowest BCUT2D eigenvalue weighted by Crippen LogP contribution is -2.29. The van der Waals surface area contributed by atoms with E-state index in [0.29, 0.717) is 6.42 Å². The van der Waals surface area contributed by atoms with Crippen LogP contribution >= 0.6 is 0 Å². The lowest BCUT2D eigenvalue weighted by atomic mass is 9.96. The lowest BCUT2D eigenvalue weighted by molar-refractivity contribution is 0.204. The van der Waals surface area contributed by atoms with Gasteiger partial charge in [0.25, 0.3) is 0 Å². The van der Waals surface area contributed by atoms with Crippen LogP contribution in [-0.4, -0.2) is 18.0 Å². The average molecular weight is 270 g/mol. The van der Waals surface area contributed by atoms with Crippen LogP contribution in [-0.2, 0) is 0 Å². The molecule has 1 heterocycles. The predicted molar refractivity (Wildman–Crippen MR) is 83.2 cm³/mol. The number of nitriles is 1. The summed E-state index contributed by atoms with van der Waals surface area (Å²) in [5, 5.41) is 9.16. The van der Waals surface area contributed by atoms with Crippen molar-refractivity contribution in [2.45, 2.75) is 51.5 Å². The number of hydrogen-bond acceptors (Lipinski definition) is 2. The van der Waals surface area contributed by atoms with E-state index >= 15 is 0 Å². The minimum atomic E-state index is 0.279. The van der Waals surface area contributed by atoms with Crippen molar-refractivity contribution in [3.05, 3.63) is 35.9 Å². The highest BCUT2D eigenvalue weighted by Gasteiger charge is 2.23. The van der Waals surface area contributed by atoms with Gasteiger partial charge in [0.05, 0.1) is 12.5 Å². The third kappa shape index (κ3) is 4.08. The van der Waals surface area contributed by atoms with Crippen LogP contribution in [0.1, 0.15) is 57.1 Å². The molecule has 0 spiro atoms. The van der Waals surface area contributed by atoms with Gasteiger partial charge in [0.2, 0.25) is 0 Å². The molecule has 0 aromatic heterocycles. The maximum absolute atomic E-state index is 9.16. The van der Waals surface area contributed by atoms with Gasteiger partial charge in [-0.2, -0.15) is 5.26 Å². The largest absolute Gasteiger partial charge is 0.295 e. The minimum Gasteiger partial charge on any atom is -0.295 e. The first-order valence-electron chi connectivity index (χ1n) is 8.01. The van der Waals surface area contributed by atoms with Crippen LogP contribution in [0.15, 0.2) is 30.3 Å². The maximum Gasteiger partial charge on any atom is 0.0641 e. The molecule has 1 saturated heterocycles. The fraction of sp³-hybridized carbons (Fsp3) is 0.611. The van der Waals surface area contributed by atoms with E-state index in [2.05, 4.69) is 42.2 Å². The summed E-state index contributed by atoms with van der Waals surface area (Å²) in [6.07, 6.45) is 7.19. The van der Waals surface area contributed by atoms with Gasteiger partial charge in [-0.25, -0.2) is 0 Å². The molecule has 0 aliphatic carbocycles. The minimum absolute atomic E-state index is 0.279. The summed E-state index contributed by atoms with van der Waals surface area (Å²) in [5.74, 6) is 0.892. The Morgan fingerprint density at radius 2 is 2.05 bits per heavy atom. The summed E-state index contributed by atoms with van der Waals surface area (Å²) >= 11 is 0. The van der Waals surface area contributed by atoms with Gasteiger partial charge in [-0.05, 0) is 43.8 Å². The molecular formula is C18H26N2. The van der Waals surface area contributed by atoms with E-state index in [9.17, 15) is 0 Å². The first kappa shape index (κ1) is 15.1. The third-order valence-electron chi connectivity index (χ3n) is 4.49. The van der Waals surface area contributed by atoms with E-state index in [1.54, 1.807) is 0 Å². The number of rotatable bonds is 5. The zero-order chi connectivity index (χ0) is 14.2. The van der Waals surface area contributed by atoms with E-state index in [4.69, 9.17) is 5.26 Å². The van der Waals surface area contributed by atoms with Gasteiger partial charge >= 0.3 is 0 Å². The topological polar surface area (TPSA) is 27.0 Å². The van der Waals surface area contributed by atoms with Crippen molar-refractivity contribution in [3.8, 4) is 6.07 Å². The Bertz CT molecular complexity index is 421. The van der Waals surface area contributed by atoms with Crippen LogP contribution in [0.4, 0.5) is 0 Å². The van der Waals surface area contributed by atoms with Crippen LogP contribution in [0.3, 0.4) is 0 Å². The van der Waals surface area contributed by atoms with Crippen molar-refractivity contribution in [1.82, 2.24) is 4.90 Å². The van der Waals surface area contributed by atoms with E-state index in [-0.39, 0.29) is 6.04 Å². The summed E-state index contributed by atoms with van der Waals surface area (Å²) in [5.41, 5.74) is 1.29. The fourth-order valence-electron chi connectivity index (χ4n) is 3.42. The SMILES string of the molecule is CCCC1CCCN(C(CC#N)c2ccccc2)CC1. The Morgan fingerprint density at radius 1 is 1.25 bits per heavy atom. The van der Waals surface area contributed by atoms with Crippen molar-refractivity contribution < 1.29 is 0 Å². The molecule has 0 amide bonds. The third-order valence-corrected chi connectivity index (χ3v) is 4.49. The Hall–Kier alpha value is -1.33. The van der Waals surface area contributed by atoms with Gasteiger partial charge in [-0.15, -0.1) is 0 Å². The first-order chi connectivity index (χ1) is 9.85. The molecule has 0 bridgehead atoms. The molecule has 1 fully saturated rings. The average Bonchev–Trinajstić information content (AvgIpc) is 2.72. The summed E-state index contributed by atoms with van der Waals surface area (Å²) in [6, 6.07) is 13.2. The highest BCUT2D eigenvalue weighted by atomic mass is 15.2. The molecule has 2 heteroatoms. The molecule has 1 aromatic carbocycles. The molecule has 108 valence electrons. The quantitative estimate of drug-likeness (QED) is 0.785. The molecule has 2 unspecified atom stereocenters. The summed E-state index contributed by atoms with van der Waals surface area (Å²) in [4.78, 5) is 2.54. The predicted octanol–water partition coefficient (Wildman–Crippen LogP) is 4.54. The van der Waals surface area contributed by atoms with Crippen molar-refractivity contribution in [2.24, 2.45) is 5.92 Å². The van der Waals surface area contributed by atoms with Crippen molar-refractivity contribution in [1.29, 1.82) is 5.26 Å². The molecule has 1 aliphatic rings. The van der Waals surface area contributed by atoms with Crippen molar-refractivity contribution in [2.75, 3.05) is 13.1 Å². The monoisotopic (exact) mass is 270 g/mol. The Morgan fingerprint density at radius 3 is 2.75 bits per heavy atom. The van der Waals surface area contributed by atoms with Crippen LogP contribution in [0.25, 0.3) is 0 Å². The molecule has 0 radical (unpaired) electrons. The smallest absolute Gasteiger partial charge is 0.0641 e. The van der Waals surface area contributed by atoms with Crippen LogP contribution < -0.4 is 0 Å². The standard InChI is InChI=1S/C18H26N2/c1-2-7-16-8-6-14-20(15-12-16)18(11-13-19)17-9-4-3-5-10-17/h3-5,9-10,16,18H,2,6-8,11-12,14-15H2,1H3. The van der Waals surface area contributed by atoms with Gasteiger partial charge in [0.1, 0.15) is 0 Å². The van der Waals surface area contributed by atoms with Gasteiger partial charge < -0.3 is 0 Å². The lowest BCUT2D eigenvalue weighted by Gasteiger charge is -2.29. The van der Waals surface area contributed by atoms with Gasteiger partial charge in [0, 0.05) is 6.04 Å². The summed E-state index contributed by atoms with van der Waals surface area (Å²) < 4.78 is 0. The molecule has 20 heavy (non-hydrogen) atoms. The Labute approximate surface area is 123 Å². The van der Waals surface area contributed by atoms with Crippen LogP contribution in [0.2, 0.25) is 0 Å². The first-order valence-corrected chi connectivity index (χ1v) is 8.01. The fourth-order valence-corrected chi connectivity index (χ4v) is 3.42. The molecule has 2 rings (SSSR count). The molecule has 0 saturated carbocycles. The number of likely N-dealkylation sites (tertiary alicyclic amines) is 1. The number of benzene rings is 1. The molecule has 1 aromatic rings. The van der Waals surface area contributed by atoms with Crippen LogP contribution in [0, 0.1) is 17.2 Å². The Kier molecular flexibility index (Phi) is 6.08. The molecular weight excluding hydrogens is 244 g/mol. The second-order valence-electron chi connectivity index (χ2n) is 5.91. The number of hydrogen-bond donors (Lipinski definition) is 0. The zero-order valence-corrected chi connectivity index (χ0v) is 12.6. The van der Waals surface area contributed by atoms with Gasteiger partial charge in [-0.3, -0.25) is 4.90 Å². The van der Waals surface area contributed by atoms with Gasteiger partial charge in [0.15, 0.2) is 0 Å². The Balaban J connectivity index is 2.05. The van der Waals surface area contributed by atoms with E-state index in [1.165, 1.54) is 37.7 Å². The molecule has 1 aliphatic heterocycles. The second kappa shape index (κ2) is 8.07. The van der Waals surface area contributed by atoms with Crippen molar-refractivity contribution >= 4 is 0 Å². The van der Waals surface area contributed by atoms with Crippen molar-refractivity contribution in [3.63, 3.8) is 0 Å². The summed E-state index contributed by atoms with van der Waals surface area (Å²) in [6.45, 7) is 4.57. The molecule has 2 nitrogen and oxygen atoms in total. The number of nitrogens with zero attached hydrogens (tertiary/aromatic N) is 2. The van der Waals surface area contributed by atoms with E-state index < -0.39 is 0 Å². The van der Waals surface area contributed by atoms with E-state index in [1.807, 2.05) is 6.07 Å². The highest BCUT2D eigenvalue weighted by Crippen LogP contribution is 2.29. The summed E-state index contributed by atoms with van der Waals surface area (Å²) in [7, 11) is 0.